The number of aromatic nitrogens is 2. The van der Waals surface area contributed by atoms with Crippen LogP contribution in [0, 0.1) is 11.6 Å². The highest BCUT2D eigenvalue weighted by atomic mass is 19.1. The summed E-state index contributed by atoms with van der Waals surface area (Å²) >= 11 is 0. The molecular weight excluding hydrogens is 286 g/mol. The standard InChI is InChI=1S/C13H12F2N2O4/c1-2-3-10-16-11(21-17-10)6-20-12-8(14)4-7(13(18)19)5-9(12)15/h4-5H,2-3,6H2,1H3,(H,18,19). The molecule has 8 heteroatoms. The summed E-state index contributed by atoms with van der Waals surface area (Å²) in [6.07, 6.45) is 1.46. The fraction of sp³-hybridized carbons (Fsp3) is 0.308. The van der Waals surface area contributed by atoms with E-state index >= 15 is 0 Å². The summed E-state index contributed by atoms with van der Waals surface area (Å²) < 4.78 is 37.0. The van der Waals surface area contributed by atoms with Crippen molar-refractivity contribution in [2.45, 2.75) is 26.4 Å². The van der Waals surface area contributed by atoms with Gasteiger partial charge in [0.25, 0.3) is 5.89 Å². The van der Waals surface area contributed by atoms with Crippen molar-refractivity contribution in [1.82, 2.24) is 10.1 Å². The number of hydrogen-bond acceptors (Lipinski definition) is 5. The lowest BCUT2D eigenvalue weighted by molar-refractivity contribution is 0.0695. The van der Waals surface area contributed by atoms with Crippen LogP contribution < -0.4 is 4.74 Å². The van der Waals surface area contributed by atoms with Crippen molar-refractivity contribution in [2.75, 3.05) is 0 Å². The molecule has 0 radical (unpaired) electrons. The predicted octanol–water partition coefficient (Wildman–Crippen LogP) is 2.58. The Morgan fingerprint density at radius 3 is 2.62 bits per heavy atom. The van der Waals surface area contributed by atoms with Crippen LogP contribution in [0.15, 0.2) is 16.7 Å². The van der Waals surface area contributed by atoms with E-state index in [0.717, 1.165) is 6.42 Å². The molecule has 0 aliphatic rings. The molecular formula is C13H12F2N2O4. The van der Waals surface area contributed by atoms with Crippen LogP contribution in [0.2, 0.25) is 0 Å². The van der Waals surface area contributed by atoms with E-state index < -0.39 is 28.9 Å². The SMILES string of the molecule is CCCc1noc(COc2c(F)cc(C(=O)O)cc2F)n1. The molecule has 21 heavy (non-hydrogen) atoms. The van der Waals surface area contributed by atoms with Crippen molar-refractivity contribution < 1.29 is 27.9 Å². The van der Waals surface area contributed by atoms with Gasteiger partial charge in [0, 0.05) is 6.42 Å². The number of hydrogen-bond donors (Lipinski definition) is 1. The first kappa shape index (κ1) is 14.9. The Labute approximate surface area is 118 Å². The van der Waals surface area contributed by atoms with Gasteiger partial charge in [-0.1, -0.05) is 12.1 Å². The first-order valence-electron chi connectivity index (χ1n) is 6.17. The number of halogens is 2. The Morgan fingerprint density at radius 1 is 1.38 bits per heavy atom. The summed E-state index contributed by atoms with van der Waals surface area (Å²) in [4.78, 5) is 14.6. The first-order valence-corrected chi connectivity index (χ1v) is 6.17. The largest absolute Gasteiger partial charge is 0.478 e. The Bertz CT molecular complexity index is 634. The lowest BCUT2D eigenvalue weighted by Crippen LogP contribution is -2.04. The summed E-state index contributed by atoms with van der Waals surface area (Å²) in [5, 5.41) is 12.3. The van der Waals surface area contributed by atoms with Crippen molar-refractivity contribution >= 4 is 5.97 Å². The monoisotopic (exact) mass is 298 g/mol. The van der Waals surface area contributed by atoms with E-state index in [9.17, 15) is 13.6 Å². The van der Waals surface area contributed by atoms with Crippen molar-refractivity contribution in [3.05, 3.63) is 41.0 Å². The number of aromatic carboxylic acids is 1. The van der Waals surface area contributed by atoms with Gasteiger partial charge >= 0.3 is 5.97 Å². The average Bonchev–Trinajstić information content (AvgIpc) is 2.85. The predicted molar refractivity (Wildman–Crippen MR) is 65.9 cm³/mol. The molecule has 0 fully saturated rings. The number of benzene rings is 1. The summed E-state index contributed by atoms with van der Waals surface area (Å²) in [5.41, 5.74) is -0.500. The minimum atomic E-state index is -1.43. The Balaban J connectivity index is 2.10. The third-order valence-corrected chi connectivity index (χ3v) is 2.57. The highest BCUT2D eigenvalue weighted by molar-refractivity contribution is 5.87. The third kappa shape index (κ3) is 3.53. The molecule has 0 atom stereocenters. The van der Waals surface area contributed by atoms with Gasteiger partial charge in [0.15, 0.2) is 29.8 Å². The maximum atomic E-state index is 13.6. The highest BCUT2D eigenvalue weighted by Crippen LogP contribution is 2.24. The molecule has 0 amide bonds. The first-order chi connectivity index (χ1) is 10.0. The third-order valence-electron chi connectivity index (χ3n) is 2.57. The number of aryl methyl sites for hydroxylation is 1. The normalized spacial score (nSPS) is 10.6. The van der Waals surface area contributed by atoms with E-state index in [1.165, 1.54) is 0 Å². The van der Waals surface area contributed by atoms with Crippen molar-refractivity contribution in [3.8, 4) is 5.75 Å². The molecule has 0 saturated heterocycles. The fourth-order valence-corrected chi connectivity index (χ4v) is 1.63. The molecule has 1 aromatic carbocycles. The van der Waals surface area contributed by atoms with Crippen LogP contribution in [0.5, 0.6) is 5.75 Å². The average molecular weight is 298 g/mol. The lowest BCUT2D eigenvalue weighted by atomic mass is 10.2. The Hall–Kier alpha value is -2.51. The summed E-state index contributed by atoms with van der Waals surface area (Å²) in [6, 6.07) is 1.36. The number of carboxylic acids is 1. The summed E-state index contributed by atoms with van der Waals surface area (Å²) in [6.45, 7) is 1.64. The van der Waals surface area contributed by atoms with Gasteiger partial charge < -0.3 is 14.4 Å². The molecule has 1 N–H and O–H groups in total. The zero-order valence-corrected chi connectivity index (χ0v) is 11.1. The second-order valence-electron chi connectivity index (χ2n) is 4.22. The van der Waals surface area contributed by atoms with E-state index in [0.29, 0.717) is 24.4 Å². The molecule has 1 heterocycles. The maximum absolute atomic E-state index is 13.6. The van der Waals surface area contributed by atoms with Crippen LogP contribution in [0.25, 0.3) is 0 Å². The molecule has 112 valence electrons. The van der Waals surface area contributed by atoms with Crippen LogP contribution >= 0.6 is 0 Å². The number of carboxylic acid groups (broad SMARTS) is 1. The number of ether oxygens (including phenoxy) is 1. The van der Waals surface area contributed by atoms with E-state index in [1.807, 2.05) is 6.92 Å². The Kier molecular flexibility index (Phi) is 4.46. The molecule has 2 rings (SSSR count). The second-order valence-corrected chi connectivity index (χ2v) is 4.22. The van der Waals surface area contributed by atoms with Gasteiger partial charge in [0.05, 0.1) is 5.56 Å². The quantitative estimate of drug-likeness (QED) is 0.882. The molecule has 0 aliphatic carbocycles. The van der Waals surface area contributed by atoms with E-state index in [2.05, 4.69) is 10.1 Å². The van der Waals surface area contributed by atoms with Gasteiger partial charge in [0.2, 0.25) is 0 Å². The van der Waals surface area contributed by atoms with Crippen molar-refractivity contribution in [1.29, 1.82) is 0 Å². The maximum Gasteiger partial charge on any atom is 0.335 e. The highest BCUT2D eigenvalue weighted by Gasteiger charge is 2.17. The molecule has 0 aliphatic heterocycles. The Morgan fingerprint density at radius 2 is 2.05 bits per heavy atom. The van der Waals surface area contributed by atoms with Gasteiger partial charge in [0.1, 0.15) is 0 Å². The summed E-state index contributed by atoms with van der Waals surface area (Å²) in [5.74, 6) is -3.77. The topological polar surface area (TPSA) is 85.5 Å². The minimum absolute atomic E-state index is 0.0829. The minimum Gasteiger partial charge on any atom is -0.478 e. The van der Waals surface area contributed by atoms with Gasteiger partial charge in [-0.05, 0) is 18.6 Å². The second kappa shape index (κ2) is 6.29. The molecule has 0 unspecified atom stereocenters. The molecule has 0 spiro atoms. The van der Waals surface area contributed by atoms with E-state index in [-0.39, 0.29) is 12.5 Å². The van der Waals surface area contributed by atoms with Crippen molar-refractivity contribution in [3.63, 3.8) is 0 Å². The van der Waals surface area contributed by atoms with Gasteiger partial charge in [-0.3, -0.25) is 0 Å². The van der Waals surface area contributed by atoms with Crippen LogP contribution in [0.3, 0.4) is 0 Å². The number of carbonyl (C=O) groups is 1. The molecule has 1 aromatic heterocycles. The zero-order valence-electron chi connectivity index (χ0n) is 11.1. The van der Waals surface area contributed by atoms with Crippen LogP contribution in [-0.4, -0.2) is 21.2 Å². The number of nitrogens with zero attached hydrogens (tertiary/aromatic N) is 2. The molecule has 0 bridgehead atoms. The smallest absolute Gasteiger partial charge is 0.335 e. The van der Waals surface area contributed by atoms with Crippen LogP contribution in [0.1, 0.15) is 35.4 Å². The van der Waals surface area contributed by atoms with Crippen LogP contribution in [-0.2, 0) is 13.0 Å². The van der Waals surface area contributed by atoms with E-state index in [1.54, 1.807) is 0 Å². The van der Waals surface area contributed by atoms with Crippen LogP contribution in [0.4, 0.5) is 8.78 Å². The van der Waals surface area contributed by atoms with Gasteiger partial charge in [-0.15, -0.1) is 0 Å². The molecule has 6 nitrogen and oxygen atoms in total. The van der Waals surface area contributed by atoms with Gasteiger partial charge in [-0.25, -0.2) is 13.6 Å². The molecule has 0 saturated carbocycles. The van der Waals surface area contributed by atoms with Gasteiger partial charge in [-0.2, -0.15) is 4.98 Å². The van der Waals surface area contributed by atoms with E-state index in [4.69, 9.17) is 14.4 Å². The zero-order chi connectivity index (χ0) is 15.4. The molecule has 2 aromatic rings. The lowest BCUT2D eigenvalue weighted by Gasteiger charge is -2.06. The fourth-order valence-electron chi connectivity index (χ4n) is 1.63. The number of rotatable bonds is 6. The summed E-state index contributed by atoms with van der Waals surface area (Å²) in [7, 11) is 0. The van der Waals surface area contributed by atoms with Crippen molar-refractivity contribution in [2.24, 2.45) is 0 Å².